The Bertz CT molecular complexity index is 984. The first-order chi connectivity index (χ1) is 13.1. The number of amides is 1. The number of fused-ring (bicyclic) bond motifs is 1. The van der Waals surface area contributed by atoms with E-state index in [2.05, 4.69) is 10.3 Å². The molecule has 1 aliphatic rings. The molecule has 0 aliphatic carbocycles. The van der Waals surface area contributed by atoms with Crippen molar-refractivity contribution in [3.8, 4) is 21.4 Å². The van der Waals surface area contributed by atoms with Gasteiger partial charge in [-0.15, -0.1) is 22.7 Å². The van der Waals surface area contributed by atoms with Crippen molar-refractivity contribution >= 4 is 40.2 Å². The molecule has 0 spiro atoms. The van der Waals surface area contributed by atoms with E-state index in [1.165, 1.54) is 18.3 Å². The van der Waals surface area contributed by atoms with E-state index in [-0.39, 0.29) is 12.5 Å². The minimum atomic E-state index is -0.977. The fourth-order valence-corrected chi connectivity index (χ4v) is 3.98. The average molecular weight is 402 g/mol. The van der Waals surface area contributed by atoms with Crippen LogP contribution in [0.1, 0.15) is 17.4 Å². The second-order valence-electron chi connectivity index (χ2n) is 5.62. The van der Waals surface area contributed by atoms with Gasteiger partial charge in [-0.3, -0.25) is 4.79 Å². The molecule has 0 radical (unpaired) electrons. The molecule has 0 unspecified atom stereocenters. The molecule has 1 atom stereocenters. The second-order valence-corrected chi connectivity index (χ2v) is 7.43. The number of aromatic nitrogens is 1. The maximum absolute atomic E-state index is 12.3. The number of thiophene rings is 1. The fraction of sp³-hybridized carbons (Fsp3) is 0.167. The zero-order valence-electron chi connectivity index (χ0n) is 14.1. The van der Waals surface area contributed by atoms with Crippen molar-refractivity contribution in [3.05, 3.63) is 46.8 Å². The van der Waals surface area contributed by atoms with E-state index in [0.29, 0.717) is 17.2 Å². The zero-order valence-corrected chi connectivity index (χ0v) is 15.8. The van der Waals surface area contributed by atoms with Crippen molar-refractivity contribution in [2.45, 2.75) is 13.0 Å². The highest BCUT2D eigenvalue weighted by Gasteiger charge is 2.22. The molecule has 1 amide bonds. The van der Waals surface area contributed by atoms with Crippen LogP contribution in [0.2, 0.25) is 0 Å². The minimum Gasteiger partial charge on any atom is -0.454 e. The lowest BCUT2D eigenvalue weighted by Gasteiger charge is -2.13. The van der Waals surface area contributed by atoms with Crippen LogP contribution in [0.5, 0.6) is 11.5 Å². The molecule has 1 aliphatic heterocycles. The lowest BCUT2D eigenvalue weighted by Crippen LogP contribution is -2.30. The van der Waals surface area contributed by atoms with Crippen molar-refractivity contribution in [1.29, 1.82) is 0 Å². The molecule has 9 heteroatoms. The van der Waals surface area contributed by atoms with Gasteiger partial charge in [0.25, 0.3) is 5.91 Å². The first-order valence-electron chi connectivity index (χ1n) is 8.01. The van der Waals surface area contributed by atoms with Crippen molar-refractivity contribution in [2.75, 3.05) is 12.1 Å². The van der Waals surface area contributed by atoms with Gasteiger partial charge in [0.1, 0.15) is 5.01 Å². The van der Waals surface area contributed by atoms with Gasteiger partial charge in [0.2, 0.25) is 6.79 Å². The topological polar surface area (TPSA) is 86.8 Å². The van der Waals surface area contributed by atoms with Crippen LogP contribution < -0.4 is 14.8 Å². The van der Waals surface area contributed by atoms with Gasteiger partial charge in [0.15, 0.2) is 23.3 Å². The molecule has 1 N–H and O–H groups in total. The third-order valence-corrected chi connectivity index (χ3v) is 5.62. The molecule has 3 aromatic rings. The van der Waals surface area contributed by atoms with Gasteiger partial charge in [0.05, 0.1) is 4.88 Å². The zero-order chi connectivity index (χ0) is 18.8. The highest BCUT2D eigenvalue weighted by molar-refractivity contribution is 7.20. The average Bonchev–Trinajstić information content (AvgIpc) is 3.40. The van der Waals surface area contributed by atoms with Crippen LogP contribution >= 0.6 is 22.7 Å². The van der Waals surface area contributed by atoms with Gasteiger partial charge in [-0.25, -0.2) is 9.78 Å². The van der Waals surface area contributed by atoms with Crippen molar-refractivity contribution in [3.63, 3.8) is 0 Å². The summed E-state index contributed by atoms with van der Waals surface area (Å²) >= 11 is 2.90. The summed E-state index contributed by atoms with van der Waals surface area (Å²) < 4.78 is 15.7. The number of thiazole rings is 1. The number of esters is 1. The Balaban J connectivity index is 1.37. The summed E-state index contributed by atoms with van der Waals surface area (Å²) in [6.07, 6.45) is -0.977. The Labute approximate surface area is 162 Å². The van der Waals surface area contributed by atoms with Gasteiger partial charge in [-0.1, -0.05) is 6.07 Å². The molecule has 4 rings (SSSR count). The predicted octanol–water partition coefficient (Wildman–Crippen LogP) is 3.78. The number of ether oxygens (including phenoxy) is 3. The normalized spacial score (nSPS) is 13.2. The van der Waals surface area contributed by atoms with E-state index in [1.807, 2.05) is 17.5 Å². The molecule has 0 fully saturated rings. The van der Waals surface area contributed by atoms with Crippen LogP contribution in [-0.2, 0) is 9.53 Å². The van der Waals surface area contributed by atoms with E-state index in [0.717, 1.165) is 9.88 Å². The summed E-state index contributed by atoms with van der Waals surface area (Å²) in [5.41, 5.74) is 0.715. The van der Waals surface area contributed by atoms with E-state index >= 15 is 0 Å². The van der Waals surface area contributed by atoms with E-state index in [4.69, 9.17) is 14.2 Å². The maximum Gasteiger partial charge on any atom is 0.358 e. The Morgan fingerprint density at radius 2 is 2.07 bits per heavy atom. The lowest BCUT2D eigenvalue weighted by molar-refractivity contribution is -0.123. The Kier molecular flexibility index (Phi) is 4.78. The number of nitrogens with one attached hydrogen (secondary N) is 1. The molecule has 0 saturated heterocycles. The van der Waals surface area contributed by atoms with Crippen LogP contribution in [0.3, 0.4) is 0 Å². The smallest absolute Gasteiger partial charge is 0.358 e. The monoisotopic (exact) mass is 402 g/mol. The van der Waals surface area contributed by atoms with E-state index < -0.39 is 18.0 Å². The highest BCUT2D eigenvalue weighted by atomic mass is 32.1. The number of anilines is 1. The Morgan fingerprint density at radius 1 is 1.22 bits per heavy atom. The van der Waals surface area contributed by atoms with Gasteiger partial charge >= 0.3 is 5.97 Å². The summed E-state index contributed by atoms with van der Waals surface area (Å²) in [5.74, 6) is 0.0943. The largest absolute Gasteiger partial charge is 0.454 e. The predicted molar refractivity (Wildman–Crippen MR) is 101 cm³/mol. The summed E-state index contributed by atoms with van der Waals surface area (Å²) in [4.78, 5) is 29.8. The summed E-state index contributed by atoms with van der Waals surface area (Å²) in [6, 6.07) is 8.90. The molecule has 0 bridgehead atoms. The third-order valence-electron chi connectivity index (χ3n) is 3.74. The number of hydrogen-bond acceptors (Lipinski definition) is 8. The van der Waals surface area contributed by atoms with Crippen LogP contribution in [0.4, 0.5) is 5.69 Å². The summed E-state index contributed by atoms with van der Waals surface area (Å²) in [6.45, 7) is 1.66. The standard InChI is InChI=1S/C18H14N2O5S2/c1-10(16(21)19-11-4-5-13-14(7-11)24-9-23-13)25-18(22)12-8-27-17(20-12)15-3-2-6-26-15/h2-8,10H,9H2,1H3,(H,19,21)/t10-/m1/s1. The first kappa shape index (κ1) is 17.5. The van der Waals surface area contributed by atoms with Crippen molar-refractivity contribution in [2.24, 2.45) is 0 Å². The van der Waals surface area contributed by atoms with Crippen LogP contribution in [0.15, 0.2) is 41.1 Å². The molecule has 7 nitrogen and oxygen atoms in total. The summed E-state index contributed by atoms with van der Waals surface area (Å²) in [5, 5.41) is 7.00. The fourth-order valence-electron chi connectivity index (χ4n) is 2.37. The van der Waals surface area contributed by atoms with Crippen LogP contribution in [-0.4, -0.2) is 29.8 Å². The van der Waals surface area contributed by atoms with Crippen LogP contribution in [0.25, 0.3) is 9.88 Å². The highest BCUT2D eigenvalue weighted by Crippen LogP contribution is 2.34. The molecule has 27 heavy (non-hydrogen) atoms. The van der Waals surface area contributed by atoms with E-state index in [1.54, 1.807) is 34.9 Å². The SMILES string of the molecule is C[C@@H](OC(=O)c1csc(-c2cccs2)n1)C(=O)Nc1ccc2c(c1)OCO2. The Morgan fingerprint density at radius 3 is 2.89 bits per heavy atom. The van der Waals surface area contributed by atoms with Crippen molar-refractivity contribution < 1.29 is 23.8 Å². The number of rotatable bonds is 5. The van der Waals surface area contributed by atoms with Gasteiger partial charge in [0, 0.05) is 17.1 Å². The Hall–Kier alpha value is -2.91. The van der Waals surface area contributed by atoms with Crippen molar-refractivity contribution in [1.82, 2.24) is 4.98 Å². The first-order valence-corrected chi connectivity index (χ1v) is 9.77. The molecular formula is C18H14N2O5S2. The molecule has 3 heterocycles. The maximum atomic E-state index is 12.3. The van der Waals surface area contributed by atoms with Gasteiger partial charge < -0.3 is 19.5 Å². The quantitative estimate of drug-likeness (QED) is 0.654. The molecule has 138 valence electrons. The second kappa shape index (κ2) is 7.37. The number of carbonyl (C=O) groups is 2. The molecular weight excluding hydrogens is 388 g/mol. The van der Waals surface area contributed by atoms with Gasteiger partial charge in [-0.2, -0.15) is 0 Å². The lowest BCUT2D eigenvalue weighted by atomic mass is 10.2. The number of hydrogen-bond donors (Lipinski definition) is 1. The van der Waals surface area contributed by atoms with E-state index in [9.17, 15) is 9.59 Å². The molecule has 1 aromatic carbocycles. The minimum absolute atomic E-state index is 0.155. The summed E-state index contributed by atoms with van der Waals surface area (Å²) in [7, 11) is 0. The number of benzene rings is 1. The third kappa shape index (κ3) is 3.79. The van der Waals surface area contributed by atoms with Gasteiger partial charge in [-0.05, 0) is 30.5 Å². The molecule has 0 saturated carbocycles. The molecule has 2 aromatic heterocycles. The number of nitrogens with zero attached hydrogens (tertiary/aromatic N) is 1. The number of carbonyl (C=O) groups excluding carboxylic acids is 2. The van der Waals surface area contributed by atoms with Crippen LogP contribution in [0, 0.1) is 0 Å².